The molecule has 1 aromatic heterocycles. The van der Waals surface area contributed by atoms with Crippen LogP contribution >= 0.6 is 0 Å². The van der Waals surface area contributed by atoms with Gasteiger partial charge in [0.05, 0.1) is 7.11 Å². The summed E-state index contributed by atoms with van der Waals surface area (Å²) in [6, 6.07) is 12.5. The first-order chi connectivity index (χ1) is 13.9. The first-order valence-corrected chi connectivity index (χ1v) is 9.60. The van der Waals surface area contributed by atoms with E-state index < -0.39 is 35.3 Å². The highest BCUT2D eigenvalue weighted by molar-refractivity contribution is 5.80. The standard InChI is InChI=1S/C23H25F4NO2/c1-14(19-11-15-7-5-6-8-18(15)28-19)22(29,23(25,26)27)13-21(2,3)17-12-16(24)9-10-20(17)30-4/h5-12,14,28-29H,13H2,1-4H3. The van der Waals surface area contributed by atoms with Crippen molar-refractivity contribution in [1.82, 2.24) is 4.98 Å². The summed E-state index contributed by atoms with van der Waals surface area (Å²) in [5.41, 5.74) is -3.07. The van der Waals surface area contributed by atoms with E-state index in [0.29, 0.717) is 5.52 Å². The van der Waals surface area contributed by atoms with E-state index in [1.165, 1.54) is 26.2 Å². The molecule has 2 N–H and O–H groups in total. The predicted octanol–water partition coefficient (Wildman–Crippen LogP) is 6.08. The second-order valence-electron chi connectivity index (χ2n) is 8.36. The average Bonchev–Trinajstić information content (AvgIpc) is 3.10. The van der Waals surface area contributed by atoms with E-state index in [0.717, 1.165) is 11.5 Å². The molecule has 0 aliphatic carbocycles. The van der Waals surface area contributed by atoms with Gasteiger partial charge in [0.2, 0.25) is 0 Å². The maximum atomic E-state index is 14.2. The van der Waals surface area contributed by atoms with Gasteiger partial charge in [-0.05, 0) is 47.6 Å². The van der Waals surface area contributed by atoms with Crippen LogP contribution in [0.15, 0.2) is 48.5 Å². The summed E-state index contributed by atoms with van der Waals surface area (Å²) in [5.74, 6) is -1.61. The number of aromatic nitrogens is 1. The summed E-state index contributed by atoms with van der Waals surface area (Å²) in [4.78, 5) is 2.99. The molecule has 0 spiro atoms. The summed E-state index contributed by atoms with van der Waals surface area (Å²) in [7, 11) is 1.37. The van der Waals surface area contributed by atoms with Crippen molar-refractivity contribution in [2.75, 3.05) is 7.11 Å². The first kappa shape index (κ1) is 22.2. The number of para-hydroxylation sites is 1. The van der Waals surface area contributed by atoms with Crippen molar-refractivity contribution in [1.29, 1.82) is 0 Å². The van der Waals surface area contributed by atoms with Gasteiger partial charge in [0.15, 0.2) is 5.60 Å². The van der Waals surface area contributed by atoms with Crippen molar-refractivity contribution < 1.29 is 27.4 Å². The third-order valence-corrected chi connectivity index (χ3v) is 5.83. The van der Waals surface area contributed by atoms with Crippen LogP contribution in [0.2, 0.25) is 0 Å². The normalized spacial score (nSPS) is 15.8. The predicted molar refractivity (Wildman–Crippen MR) is 108 cm³/mol. The molecule has 0 saturated carbocycles. The molecule has 2 unspecified atom stereocenters. The minimum absolute atomic E-state index is 0.261. The SMILES string of the molecule is COc1ccc(F)cc1C(C)(C)CC(O)(C(C)c1cc2ccccc2[nH]1)C(F)(F)F. The second-order valence-corrected chi connectivity index (χ2v) is 8.36. The Labute approximate surface area is 172 Å². The molecule has 162 valence electrons. The van der Waals surface area contributed by atoms with Gasteiger partial charge in [-0.3, -0.25) is 0 Å². The highest BCUT2D eigenvalue weighted by Crippen LogP contribution is 2.49. The summed E-state index contributed by atoms with van der Waals surface area (Å²) >= 11 is 0. The van der Waals surface area contributed by atoms with Gasteiger partial charge in [0, 0.05) is 22.7 Å². The van der Waals surface area contributed by atoms with Gasteiger partial charge < -0.3 is 14.8 Å². The highest BCUT2D eigenvalue weighted by atomic mass is 19.4. The maximum absolute atomic E-state index is 14.2. The van der Waals surface area contributed by atoms with Crippen molar-refractivity contribution in [3.05, 3.63) is 65.6 Å². The van der Waals surface area contributed by atoms with E-state index in [1.807, 2.05) is 0 Å². The lowest BCUT2D eigenvalue weighted by atomic mass is 9.70. The Balaban J connectivity index is 2.06. The lowest BCUT2D eigenvalue weighted by molar-refractivity contribution is -0.274. The van der Waals surface area contributed by atoms with E-state index in [2.05, 4.69) is 4.98 Å². The zero-order chi connectivity index (χ0) is 22.3. The van der Waals surface area contributed by atoms with Gasteiger partial charge in [-0.25, -0.2) is 4.39 Å². The van der Waals surface area contributed by atoms with E-state index >= 15 is 0 Å². The smallest absolute Gasteiger partial charge is 0.417 e. The fraction of sp³-hybridized carbons (Fsp3) is 0.391. The Bertz CT molecular complexity index is 1010. The fourth-order valence-corrected chi connectivity index (χ4v) is 4.06. The van der Waals surface area contributed by atoms with E-state index in [1.54, 1.807) is 44.2 Å². The quantitative estimate of drug-likeness (QED) is 0.472. The Morgan fingerprint density at radius 2 is 1.73 bits per heavy atom. The third kappa shape index (κ3) is 3.90. The molecule has 0 fully saturated rings. The minimum atomic E-state index is -4.92. The van der Waals surface area contributed by atoms with Crippen molar-refractivity contribution in [3.8, 4) is 5.75 Å². The number of fused-ring (bicyclic) bond motifs is 1. The van der Waals surface area contributed by atoms with Crippen molar-refractivity contribution in [2.45, 2.75) is 50.3 Å². The Kier molecular flexibility index (Phi) is 5.62. The number of ether oxygens (including phenoxy) is 1. The largest absolute Gasteiger partial charge is 0.496 e. The van der Waals surface area contributed by atoms with Gasteiger partial charge in [0.25, 0.3) is 0 Å². The number of hydrogen-bond acceptors (Lipinski definition) is 2. The van der Waals surface area contributed by atoms with Gasteiger partial charge in [-0.15, -0.1) is 0 Å². The molecule has 2 aromatic carbocycles. The molecule has 0 amide bonds. The molecule has 7 heteroatoms. The molecular weight excluding hydrogens is 398 g/mol. The van der Waals surface area contributed by atoms with Gasteiger partial charge in [-0.1, -0.05) is 39.0 Å². The second kappa shape index (κ2) is 7.61. The molecule has 3 nitrogen and oxygen atoms in total. The number of rotatable bonds is 6. The molecule has 3 rings (SSSR count). The first-order valence-electron chi connectivity index (χ1n) is 9.60. The van der Waals surface area contributed by atoms with Crippen LogP contribution in [0, 0.1) is 5.82 Å². The molecule has 2 atom stereocenters. The van der Waals surface area contributed by atoms with Crippen LogP contribution in [0.3, 0.4) is 0 Å². The van der Waals surface area contributed by atoms with Crippen LogP contribution < -0.4 is 4.74 Å². The number of aromatic amines is 1. The van der Waals surface area contributed by atoms with E-state index in [9.17, 15) is 22.7 Å². The topological polar surface area (TPSA) is 45.2 Å². The molecule has 1 heterocycles. The monoisotopic (exact) mass is 423 g/mol. The highest BCUT2D eigenvalue weighted by Gasteiger charge is 2.59. The molecule has 0 bridgehead atoms. The Morgan fingerprint density at radius 1 is 1.07 bits per heavy atom. The molecular formula is C23H25F4NO2. The van der Waals surface area contributed by atoms with E-state index in [-0.39, 0.29) is 17.0 Å². The summed E-state index contributed by atoms with van der Waals surface area (Å²) in [5, 5.41) is 11.8. The molecule has 3 aromatic rings. The maximum Gasteiger partial charge on any atom is 0.417 e. The number of alkyl halides is 3. The van der Waals surface area contributed by atoms with Crippen molar-refractivity contribution in [2.24, 2.45) is 0 Å². The Morgan fingerprint density at radius 3 is 2.33 bits per heavy atom. The molecule has 0 aliphatic heterocycles. The van der Waals surface area contributed by atoms with Gasteiger partial charge in [-0.2, -0.15) is 13.2 Å². The lowest BCUT2D eigenvalue weighted by Crippen LogP contribution is -2.52. The zero-order valence-electron chi connectivity index (χ0n) is 17.3. The van der Waals surface area contributed by atoms with Crippen LogP contribution in [-0.4, -0.2) is 29.0 Å². The molecule has 0 aliphatic rings. The number of nitrogens with one attached hydrogen (secondary N) is 1. The fourth-order valence-electron chi connectivity index (χ4n) is 4.06. The third-order valence-electron chi connectivity index (χ3n) is 5.83. The number of H-pyrrole nitrogens is 1. The minimum Gasteiger partial charge on any atom is -0.496 e. The number of aliphatic hydroxyl groups is 1. The van der Waals surface area contributed by atoms with E-state index in [4.69, 9.17) is 4.74 Å². The molecule has 30 heavy (non-hydrogen) atoms. The van der Waals surface area contributed by atoms with Crippen LogP contribution in [0.5, 0.6) is 5.75 Å². The zero-order valence-corrected chi connectivity index (χ0v) is 17.3. The number of methoxy groups -OCH3 is 1. The summed E-state index contributed by atoms with van der Waals surface area (Å²) in [6.07, 6.45) is -5.60. The van der Waals surface area contributed by atoms with Crippen molar-refractivity contribution >= 4 is 10.9 Å². The summed E-state index contributed by atoms with van der Waals surface area (Å²) < 4.78 is 61.8. The van der Waals surface area contributed by atoms with Gasteiger partial charge >= 0.3 is 6.18 Å². The molecule has 0 radical (unpaired) electrons. The molecule has 0 saturated heterocycles. The summed E-state index contributed by atoms with van der Waals surface area (Å²) in [6.45, 7) is 4.43. The van der Waals surface area contributed by atoms with Crippen LogP contribution in [0.25, 0.3) is 10.9 Å². The lowest BCUT2D eigenvalue weighted by Gasteiger charge is -2.41. The number of benzene rings is 2. The Hall–Kier alpha value is -2.54. The van der Waals surface area contributed by atoms with Crippen LogP contribution in [0.4, 0.5) is 17.6 Å². The van der Waals surface area contributed by atoms with Crippen LogP contribution in [-0.2, 0) is 5.41 Å². The average molecular weight is 423 g/mol. The van der Waals surface area contributed by atoms with Gasteiger partial charge in [0.1, 0.15) is 11.6 Å². The van der Waals surface area contributed by atoms with Crippen molar-refractivity contribution in [3.63, 3.8) is 0 Å². The number of hydrogen-bond donors (Lipinski definition) is 2. The number of halogens is 4. The van der Waals surface area contributed by atoms with Crippen LogP contribution in [0.1, 0.15) is 44.4 Å².